The molecule has 0 heterocycles. The zero-order valence-electron chi connectivity index (χ0n) is 29.6. The largest absolute Gasteiger partial charge is 0.469 e. The molecular weight excluding hydrogens is 573 g/mol. The van der Waals surface area contributed by atoms with E-state index in [9.17, 15) is 4.79 Å². The van der Waals surface area contributed by atoms with Crippen molar-refractivity contribution in [3.8, 4) is 0 Å². The molecule has 0 amide bonds. The number of rotatable bonds is 10. The normalized spacial score (nSPS) is 41.5. The van der Waals surface area contributed by atoms with Crippen molar-refractivity contribution < 1.29 is 22.8 Å². The molecule has 244 valence electrons. The summed E-state index contributed by atoms with van der Waals surface area (Å²) in [6, 6.07) is 0. The summed E-state index contributed by atoms with van der Waals surface area (Å²) >= 11 is 0. The zero-order chi connectivity index (χ0) is 31.5. The molecule has 4 aliphatic carbocycles. The molecule has 0 aliphatic heterocycles. The van der Waals surface area contributed by atoms with Crippen LogP contribution in [0.15, 0.2) is 0 Å². The van der Waals surface area contributed by atoms with Gasteiger partial charge in [-0.3, -0.25) is 4.79 Å². The van der Waals surface area contributed by atoms with Gasteiger partial charge in [0, 0.05) is 18.6 Å². The van der Waals surface area contributed by atoms with Gasteiger partial charge in [-0.1, -0.05) is 20.8 Å². The maximum Gasteiger partial charge on any atom is 0.305 e. The third-order valence-electron chi connectivity index (χ3n) is 12.0. The number of fused-ring (bicyclic) bond motifs is 5. The molecule has 0 saturated heterocycles. The van der Waals surface area contributed by atoms with Crippen molar-refractivity contribution in [1.82, 2.24) is 0 Å². The molecule has 0 spiro atoms. The second-order valence-electron chi connectivity index (χ2n) is 18.2. The van der Waals surface area contributed by atoms with Gasteiger partial charge in [-0.05, 0) is 157 Å². The quantitative estimate of drug-likeness (QED) is 0.176. The maximum atomic E-state index is 12.1. The molecule has 4 fully saturated rings. The van der Waals surface area contributed by atoms with E-state index in [0.717, 1.165) is 6.42 Å². The predicted octanol–water partition coefficient (Wildman–Crippen LogP) is 9.11. The Balaban J connectivity index is 1.72. The average molecular weight is 639 g/mol. The fourth-order valence-electron chi connectivity index (χ4n) is 10.5. The lowest BCUT2D eigenvalue weighted by Gasteiger charge is -2.66. The van der Waals surface area contributed by atoms with Crippen LogP contribution in [-0.2, 0) is 22.8 Å². The molecule has 0 unspecified atom stereocenters. The summed E-state index contributed by atoms with van der Waals surface area (Å²) < 4.78 is 26.4. The number of esters is 1. The van der Waals surface area contributed by atoms with E-state index in [2.05, 4.69) is 79.7 Å². The van der Waals surface area contributed by atoms with Gasteiger partial charge in [-0.2, -0.15) is 0 Å². The van der Waals surface area contributed by atoms with Gasteiger partial charge >= 0.3 is 5.97 Å². The first kappa shape index (κ1) is 34.9. The van der Waals surface area contributed by atoms with Crippen LogP contribution in [0.1, 0.15) is 78.6 Å². The third kappa shape index (κ3) is 7.35. The van der Waals surface area contributed by atoms with Gasteiger partial charge in [0.05, 0.1) is 13.2 Å². The van der Waals surface area contributed by atoms with E-state index in [-0.39, 0.29) is 17.5 Å². The molecule has 0 N–H and O–H groups in total. The van der Waals surface area contributed by atoms with E-state index in [1.807, 2.05) is 0 Å². The van der Waals surface area contributed by atoms with Crippen LogP contribution in [0.25, 0.3) is 0 Å². The van der Waals surface area contributed by atoms with Gasteiger partial charge in [-0.15, -0.1) is 0 Å². The summed E-state index contributed by atoms with van der Waals surface area (Å²) in [4.78, 5) is 12.1. The van der Waals surface area contributed by atoms with Gasteiger partial charge in [0.1, 0.15) is 0 Å². The first-order valence-electron chi connectivity index (χ1n) is 17.3. The number of carbonyl (C=O) groups is 1. The molecule has 5 nitrogen and oxygen atoms in total. The Labute approximate surface area is 262 Å². The Morgan fingerprint density at radius 2 is 1.43 bits per heavy atom. The van der Waals surface area contributed by atoms with E-state index in [4.69, 9.17) is 18.0 Å². The molecule has 11 atom stereocenters. The predicted molar refractivity (Wildman–Crippen MR) is 181 cm³/mol. The van der Waals surface area contributed by atoms with Crippen LogP contribution in [0, 0.1) is 46.3 Å². The van der Waals surface area contributed by atoms with Crippen LogP contribution >= 0.6 is 0 Å². The zero-order valence-corrected chi connectivity index (χ0v) is 32.6. The minimum atomic E-state index is -1.79. The topological polar surface area (TPSA) is 54.0 Å². The fourth-order valence-corrected chi connectivity index (χ4v) is 14.1. The van der Waals surface area contributed by atoms with Crippen molar-refractivity contribution >= 4 is 30.9 Å². The Bertz CT molecular complexity index is 954. The highest BCUT2D eigenvalue weighted by molar-refractivity contribution is 6.70. The molecule has 0 radical (unpaired) electrons. The van der Waals surface area contributed by atoms with E-state index in [1.54, 1.807) is 0 Å². The second kappa shape index (κ2) is 12.3. The number of hydrogen-bond acceptors (Lipinski definition) is 5. The summed E-state index contributed by atoms with van der Waals surface area (Å²) in [5.41, 5.74) is 0.430. The molecule has 4 aliphatic rings. The lowest BCUT2D eigenvalue weighted by atomic mass is 9.43. The van der Waals surface area contributed by atoms with Crippen LogP contribution in [0.2, 0.25) is 58.9 Å². The van der Waals surface area contributed by atoms with Gasteiger partial charge in [0.25, 0.3) is 0 Å². The van der Waals surface area contributed by atoms with Crippen molar-refractivity contribution in [2.75, 3.05) is 7.11 Å². The lowest BCUT2D eigenvalue weighted by Crippen LogP contribution is -2.64. The number of methoxy groups -OCH3 is 1. The minimum absolute atomic E-state index is 0.0799. The minimum Gasteiger partial charge on any atom is -0.469 e. The Kier molecular flexibility index (Phi) is 10.2. The van der Waals surface area contributed by atoms with Crippen molar-refractivity contribution in [3.05, 3.63) is 0 Å². The second-order valence-corrected chi connectivity index (χ2v) is 31.6. The molecule has 0 bridgehead atoms. The standard InChI is InChI=1S/C34H66O5Si3/c1-23(14-17-31(35)36-4)26-15-16-27-32-28(22-30(34(26,27)3)39-42(11,12)13)33(2)19-18-25(37-40(5,6)7)20-24(33)21-29(32)38-41(8,9)10/h23-30,32H,14-22H2,1-13H3/t23-,24+,25+,26-,27+,28+,29+,30+,32+,33+,34-/m1/s1. The smallest absolute Gasteiger partial charge is 0.305 e. The lowest BCUT2D eigenvalue weighted by molar-refractivity contribution is -0.199. The van der Waals surface area contributed by atoms with Crippen LogP contribution in [0.4, 0.5) is 0 Å². The third-order valence-corrected chi connectivity index (χ3v) is 15.0. The van der Waals surface area contributed by atoms with Crippen LogP contribution in [-0.4, -0.2) is 56.3 Å². The highest BCUT2D eigenvalue weighted by Crippen LogP contribution is 2.69. The monoisotopic (exact) mass is 638 g/mol. The maximum absolute atomic E-state index is 12.1. The van der Waals surface area contributed by atoms with Gasteiger partial charge in [0.2, 0.25) is 0 Å². The Hall–Kier alpha value is 0.000649. The van der Waals surface area contributed by atoms with Gasteiger partial charge in [-0.25, -0.2) is 0 Å². The first-order chi connectivity index (χ1) is 19.2. The molecule has 4 rings (SSSR count). The molecular formula is C34H66O5Si3. The number of carbonyl (C=O) groups excluding carboxylic acids is 1. The van der Waals surface area contributed by atoms with E-state index >= 15 is 0 Å². The molecule has 42 heavy (non-hydrogen) atoms. The van der Waals surface area contributed by atoms with Crippen LogP contribution in [0.3, 0.4) is 0 Å². The highest BCUT2D eigenvalue weighted by atomic mass is 28.4. The van der Waals surface area contributed by atoms with E-state index in [1.165, 1.54) is 52.1 Å². The van der Waals surface area contributed by atoms with Gasteiger partial charge in [0.15, 0.2) is 25.0 Å². The average Bonchev–Trinajstić information content (AvgIpc) is 3.19. The Morgan fingerprint density at radius 3 is 2.00 bits per heavy atom. The van der Waals surface area contributed by atoms with Crippen molar-refractivity contribution in [2.45, 2.75) is 156 Å². The molecule has 0 aromatic rings. The van der Waals surface area contributed by atoms with Gasteiger partial charge < -0.3 is 18.0 Å². The molecule has 0 aromatic carbocycles. The summed E-state index contributed by atoms with van der Waals surface area (Å²) in [6.07, 6.45) is 11.0. The summed E-state index contributed by atoms with van der Waals surface area (Å²) in [5, 5.41) is 0. The van der Waals surface area contributed by atoms with Crippen molar-refractivity contribution in [3.63, 3.8) is 0 Å². The number of ether oxygens (including phenoxy) is 1. The fraction of sp³-hybridized carbons (Fsp3) is 0.971. The molecule has 8 heteroatoms. The van der Waals surface area contributed by atoms with Crippen molar-refractivity contribution in [1.29, 1.82) is 0 Å². The SMILES string of the molecule is COC(=O)CC[C@@H](C)[C@H]1CC[C@H]2[C@@H]3[C@@H](O[Si](C)(C)C)C[C@@H]4C[C@@H](O[Si](C)(C)C)CC[C@]4(C)[C@H]3C[C@H](O[Si](C)(C)C)[C@]12C. The molecule has 4 saturated carbocycles. The van der Waals surface area contributed by atoms with Crippen LogP contribution in [0.5, 0.6) is 0 Å². The highest BCUT2D eigenvalue weighted by Gasteiger charge is 2.67. The Morgan fingerprint density at radius 1 is 0.810 bits per heavy atom. The van der Waals surface area contributed by atoms with E-state index < -0.39 is 25.0 Å². The van der Waals surface area contributed by atoms with Crippen LogP contribution < -0.4 is 0 Å². The summed E-state index contributed by atoms with van der Waals surface area (Å²) in [6.45, 7) is 29.0. The van der Waals surface area contributed by atoms with Crippen molar-refractivity contribution in [2.24, 2.45) is 46.3 Å². The summed E-state index contributed by atoms with van der Waals surface area (Å²) in [5.74, 6) is 3.45. The summed E-state index contributed by atoms with van der Waals surface area (Å²) in [7, 11) is -3.61. The molecule has 0 aromatic heterocycles. The number of hydrogen-bond donors (Lipinski definition) is 0. The van der Waals surface area contributed by atoms with E-state index in [0.29, 0.717) is 59.6 Å². The first-order valence-corrected chi connectivity index (χ1v) is 27.5.